The fraction of sp³-hybridized carbons (Fsp3) is 0.759. The van der Waals surface area contributed by atoms with Gasteiger partial charge in [0, 0.05) is 0 Å². The van der Waals surface area contributed by atoms with Crippen molar-refractivity contribution in [3.63, 3.8) is 0 Å². The Bertz CT molecular complexity index is 757. The molecule has 0 aliphatic rings. The van der Waals surface area contributed by atoms with Crippen molar-refractivity contribution in [1.29, 1.82) is 0 Å². The lowest BCUT2D eigenvalue weighted by Gasteiger charge is -2.17. The second-order valence-corrected chi connectivity index (χ2v) is 11.1. The number of thiol groups is 1. The minimum absolute atomic E-state index is 0.526. The van der Waals surface area contributed by atoms with Crippen LogP contribution in [0.5, 0.6) is 0 Å². The molecule has 0 amide bonds. The molecule has 0 heterocycles. The van der Waals surface area contributed by atoms with Crippen LogP contribution >= 0.6 is 12.6 Å². The van der Waals surface area contributed by atoms with E-state index in [1.165, 1.54) is 0 Å². The van der Waals surface area contributed by atoms with E-state index in [4.69, 9.17) is 107 Å². The van der Waals surface area contributed by atoms with Gasteiger partial charge in [-0.15, -0.1) is 0 Å². The summed E-state index contributed by atoms with van der Waals surface area (Å²) < 4.78 is -1.10. The fourth-order valence-electron chi connectivity index (χ4n) is 2.10. The van der Waals surface area contributed by atoms with Gasteiger partial charge < -0.3 is 107 Å². The first-order valence-electron chi connectivity index (χ1n) is 15.1. The van der Waals surface area contributed by atoms with E-state index in [0.717, 1.165) is 0 Å². The summed E-state index contributed by atoms with van der Waals surface area (Å²) in [5.74, 6) is -0.933. The van der Waals surface area contributed by atoms with Crippen molar-refractivity contribution in [2.45, 2.75) is 72.7 Å². The van der Waals surface area contributed by atoms with E-state index in [1.807, 2.05) is 6.07 Å². The number of carboxylic acid groups (broad SMARTS) is 1. The van der Waals surface area contributed by atoms with Gasteiger partial charge in [-0.1, -0.05) is 30.3 Å². The zero-order valence-electron chi connectivity index (χ0n) is 28.5. The van der Waals surface area contributed by atoms with Crippen LogP contribution in [-0.4, -0.2) is 240 Å². The van der Waals surface area contributed by atoms with E-state index in [0.29, 0.717) is 5.56 Å². The molecule has 23 heteroatoms. The van der Waals surface area contributed by atoms with Crippen molar-refractivity contribution in [2.75, 3.05) is 66.1 Å². The van der Waals surface area contributed by atoms with E-state index in [2.05, 4.69) is 12.6 Å². The lowest BCUT2D eigenvalue weighted by Crippen LogP contribution is -2.31. The average Bonchev–Trinajstić information content (AvgIpc) is 3.18. The standard InChI is InChI=1S/C9H10O2S.5C4H10O4/c1-9(12,8(10)11)7-5-3-2-4-6-7;5*5-1-3(7)4(8)2-6/h2-6,12H,1H3,(H,10,11);5*3-8H,1-2H2/t;5*3-,4+. The largest absolute Gasteiger partial charge is 0.480 e. The van der Waals surface area contributed by atoms with E-state index in [-0.39, 0.29) is 0 Å². The molecule has 0 saturated carbocycles. The molecule has 1 aromatic rings. The maximum atomic E-state index is 10.7. The second kappa shape index (κ2) is 37.6. The molecule has 1 unspecified atom stereocenters. The summed E-state index contributed by atoms with van der Waals surface area (Å²) in [6.07, 6.45) is -12.2. The SMILES string of the molecule is CC(S)(C(=O)O)c1ccccc1.OC[C@@H](O)[C@@H](O)CO.OC[C@@H](O)[C@@H](O)CO.OC[C@@H](O)[C@@H](O)CO.OC[C@@H](O)[C@@H](O)CO.OC[C@@H](O)[C@@H](O)CO. The number of carbonyl (C=O) groups is 1. The van der Waals surface area contributed by atoms with Gasteiger partial charge in [0.2, 0.25) is 0 Å². The first-order chi connectivity index (χ1) is 24.1. The maximum Gasteiger partial charge on any atom is 0.323 e. The summed E-state index contributed by atoms with van der Waals surface area (Å²) in [5, 5.41) is 175. The van der Waals surface area contributed by atoms with Gasteiger partial charge in [0.1, 0.15) is 65.8 Å². The van der Waals surface area contributed by atoms with E-state index in [1.54, 1.807) is 31.2 Å². The normalized spacial score (nSPS) is 17.3. The Labute approximate surface area is 305 Å². The van der Waals surface area contributed by atoms with E-state index < -0.39 is 138 Å². The molecule has 11 atom stereocenters. The number of hydrogen-bond acceptors (Lipinski definition) is 22. The van der Waals surface area contributed by atoms with Crippen LogP contribution in [0.15, 0.2) is 30.3 Å². The Morgan fingerprint density at radius 2 is 0.596 bits per heavy atom. The molecule has 0 aliphatic carbocycles. The van der Waals surface area contributed by atoms with E-state index in [9.17, 15) is 4.79 Å². The van der Waals surface area contributed by atoms with Gasteiger partial charge in [0.25, 0.3) is 0 Å². The van der Waals surface area contributed by atoms with Crippen LogP contribution < -0.4 is 0 Å². The van der Waals surface area contributed by atoms with Crippen LogP contribution in [0.4, 0.5) is 0 Å². The van der Waals surface area contributed by atoms with Gasteiger partial charge in [-0.25, -0.2) is 0 Å². The molecule has 0 spiro atoms. The lowest BCUT2D eigenvalue weighted by atomic mass is 10.0. The van der Waals surface area contributed by atoms with Gasteiger partial charge in [-0.3, -0.25) is 4.79 Å². The molecule has 0 fully saturated rings. The first-order valence-corrected chi connectivity index (χ1v) is 15.5. The Morgan fingerprint density at radius 1 is 0.442 bits per heavy atom. The molecule has 314 valence electrons. The van der Waals surface area contributed by atoms with Crippen molar-refractivity contribution >= 4 is 18.6 Å². The third-order valence-electron chi connectivity index (χ3n) is 5.84. The van der Waals surface area contributed by atoms with Crippen LogP contribution in [0.25, 0.3) is 0 Å². The molecule has 1 aromatic carbocycles. The average molecular weight is 793 g/mol. The zero-order chi connectivity index (χ0) is 42.0. The minimum Gasteiger partial charge on any atom is -0.480 e. The Morgan fingerprint density at radius 3 is 0.712 bits per heavy atom. The van der Waals surface area contributed by atoms with Gasteiger partial charge in [-0.2, -0.15) is 12.6 Å². The quantitative estimate of drug-likeness (QED) is 0.0651. The van der Waals surface area contributed by atoms with Gasteiger partial charge in [0.05, 0.1) is 66.1 Å². The topological polar surface area (TPSA) is 442 Å². The molecular formula is C29H60O22S. The van der Waals surface area contributed by atoms with Gasteiger partial charge in [-0.05, 0) is 12.5 Å². The molecule has 22 nitrogen and oxygen atoms in total. The van der Waals surface area contributed by atoms with E-state index >= 15 is 0 Å². The van der Waals surface area contributed by atoms with Crippen molar-refractivity contribution in [3.05, 3.63) is 35.9 Å². The Balaban J connectivity index is -0.000000172. The summed E-state index contributed by atoms with van der Waals surface area (Å²) >= 11 is 4.07. The number of carboxylic acids is 1. The third kappa shape index (κ3) is 31.7. The van der Waals surface area contributed by atoms with Crippen LogP contribution in [0.2, 0.25) is 0 Å². The predicted octanol–water partition coefficient (Wildman–Crippen LogP) is -9.62. The molecule has 52 heavy (non-hydrogen) atoms. The second-order valence-electron chi connectivity index (χ2n) is 10.2. The van der Waals surface area contributed by atoms with Crippen LogP contribution in [0, 0.1) is 0 Å². The molecule has 0 bridgehead atoms. The van der Waals surface area contributed by atoms with Crippen LogP contribution in [0.1, 0.15) is 12.5 Å². The van der Waals surface area contributed by atoms with Gasteiger partial charge in [0.15, 0.2) is 0 Å². The number of aliphatic hydroxyl groups excluding tert-OH is 20. The number of aliphatic carboxylic acids is 1. The molecule has 0 aliphatic heterocycles. The number of benzene rings is 1. The number of rotatable bonds is 17. The minimum atomic E-state index is -1.22. The summed E-state index contributed by atoms with van der Waals surface area (Å²) in [5.41, 5.74) is 0.695. The smallest absolute Gasteiger partial charge is 0.323 e. The van der Waals surface area contributed by atoms with Crippen molar-refractivity contribution < 1.29 is 112 Å². The summed E-state index contributed by atoms with van der Waals surface area (Å²) in [6, 6.07) is 8.94. The molecular weight excluding hydrogens is 732 g/mol. The van der Waals surface area contributed by atoms with Crippen LogP contribution in [0.3, 0.4) is 0 Å². The summed E-state index contributed by atoms with van der Waals surface area (Å²) in [6.45, 7) is -3.70. The Kier molecular flexibility index (Phi) is 43.0. The molecule has 0 radical (unpaired) electrons. The molecule has 0 aromatic heterocycles. The molecule has 21 N–H and O–H groups in total. The van der Waals surface area contributed by atoms with Gasteiger partial charge >= 0.3 is 5.97 Å². The highest BCUT2D eigenvalue weighted by Gasteiger charge is 2.30. The van der Waals surface area contributed by atoms with Crippen molar-refractivity contribution in [1.82, 2.24) is 0 Å². The highest BCUT2D eigenvalue weighted by Crippen LogP contribution is 2.27. The number of aliphatic hydroxyl groups is 20. The highest BCUT2D eigenvalue weighted by molar-refractivity contribution is 7.82. The first kappa shape index (κ1) is 59.5. The fourth-order valence-corrected chi connectivity index (χ4v) is 2.25. The third-order valence-corrected chi connectivity index (χ3v) is 6.29. The van der Waals surface area contributed by atoms with Crippen LogP contribution in [-0.2, 0) is 9.54 Å². The van der Waals surface area contributed by atoms with Crippen molar-refractivity contribution in [3.8, 4) is 0 Å². The summed E-state index contributed by atoms with van der Waals surface area (Å²) in [4.78, 5) is 10.7. The lowest BCUT2D eigenvalue weighted by molar-refractivity contribution is -0.139. The number of hydrogen-bond donors (Lipinski definition) is 22. The zero-order valence-corrected chi connectivity index (χ0v) is 29.4. The maximum absolute atomic E-state index is 10.7. The van der Waals surface area contributed by atoms with Crippen molar-refractivity contribution in [2.24, 2.45) is 0 Å². The monoisotopic (exact) mass is 792 g/mol. The molecule has 0 saturated heterocycles. The predicted molar refractivity (Wildman–Crippen MR) is 181 cm³/mol. The molecule has 1 rings (SSSR count). The summed E-state index contributed by atoms with van der Waals surface area (Å²) in [7, 11) is 0. The Hall–Kier alpha value is -1.76. The highest BCUT2D eigenvalue weighted by atomic mass is 32.1.